The normalized spacial score (nSPS) is 19.9. The number of amides is 1. The van der Waals surface area contributed by atoms with Gasteiger partial charge in [0, 0.05) is 39.8 Å². The van der Waals surface area contributed by atoms with Gasteiger partial charge in [-0.25, -0.2) is 13.6 Å². The largest absolute Gasteiger partial charge is 0.478 e. The van der Waals surface area contributed by atoms with E-state index in [1.54, 1.807) is 0 Å². The van der Waals surface area contributed by atoms with Crippen molar-refractivity contribution in [2.45, 2.75) is 53.3 Å². The van der Waals surface area contributed by atoms with Gasteiger partial charge in [-0.15, -0.1) is 0 Å². The number of carboxylic acids is 1. The number of alkyl halides is 3. The number of carbonyl (C=O) groups excluding carboxylic acids is 1. The molecule has 2 aromatic carbocycles. The monoisotopic (exact) mass is 574 g/mol. The molecule has 0 bridgehead atoms. The van der Waals surface area contributed by atoms with Gasteiger partial charge in [0.2, 0.25) is 5.91 Å². The topological polar surface area (TPSA) is 82.8 Å². The molecule has 1 unspecified atom stereocenters. The Labute approximate surface area is 222 Å². The highest BCUT2D eigenvalue weighted by Crippen LogP contribution is 2.51. The SMILES string of the molecule is O=C(O)c1cccc(Sc2c(C3CC3)n(CC(=O)N3CCC(O)(C(F)(F)F)C3)c3c(F)c(Cl)ccc23)c1F. The Kier molecular flexibility index (Phi) is 6.64. The standard InChI is InChI=1S/C25H20ClF5N2O4S/c26-15-7-6-14-21(19(15)28)33(10-17(34)32-9-8-24(37,11-32)25(29,30)31)20(12-4-5-12)22(14)38-16-3-1-2-13(18(16)27)23(35)36/h1-3,6-7,12,37H,4-5,8-11H2,(H,35,36). The summed E-state index contributed by atoms with van der Waals surface area (Å²) in [6, 6.07) is 6.68. The molecule has 0 radical (unpaired) electrons. The molecule has 2 aliphatic rings. The second-order valence-corrected chi connectivity index (χ2v) is 10.9. The van der Waals surface area contributed by atoms with E-state index in [2.05, 4.69) is 0 Å². The third kappa shape index (κ3) is 4.52. The van der Waals surface area contributed by atoms with Crippen LogP contribution in [0.4, 0.5) is 22.0 Å². The van der Waals surface area contributed by atoms with Crippen LogP contribution in [0.5, 0.6) is 0 Å². The lowest BCUT2D eigenvalue weighted by molar-refractivity contribution is -0.253. The molecule has 202 valence electrons. The van der Waals surface area contributed by atoms with Gasteiger partial charge in [0.05, 0.1) is 22.6 Å². The summed E-state index contributed by atoms with van der Waals surface area (Å²) in [6.07, 6.45) is -4.23. The molecule has 38 heavy (non-hydrogen) atoms. The minimum absolute atomic E-state index is 0.0256. The Bertz CT molecular complexity index is 1470. The summed E-state index contributed by atoms with van der Waals surface area (Å²) >= 11 is 6.92. The molecule has 2 fully saturated rings. The van der Waals surface area contributed by atoms with Crippen LogP contribution in [0.2, 0.25) is 5.02 Å². The van der Waals surface area contributed by atoms with Crippen LogP contribution in [0.15, 0.2) is 40.1 Å². The van der Waals surface area contributed by atoms with E-state index in [9.17, 15) is 33.0 Å². The summed E-state index contributed by atoms with van der Waals surface area (Å²) in [5, 5.41) is 19.3. The van der Waals surface area contributed by atoms with E-state index in [1.165, 1.54) is 28.8 Å². The summed E-state index contributed by atoms with van der Waals surface area (Å²) in [4.78, 5) is 25.8. The number of likely N-dealkylation sites (tertiary alicyclic amines) is 1. The second kappa shape index (κ2) is 9.42. The zero-order valence-electron chi connectivity index (χ0n) is 19.5. The summed E-state index contributed by atoms with van der Waals surface area (Å²) in [5.74, 6) is -4.16. The van der Waals surface area contributed by atoms with Gasteiger partial charge in [-0.1, -0.05) is 29.4 Å². The Morgan fingerprint density at radius 2 is 1.84 bits per heavy atom. The Morgan fingerprint density at radius 1 is 1.13 bits per heavy atom. The average molecular weight is 575 g/mol. The lowest BCUT2D eigenvalue weighted by Crippen LogP contribution is -2.48. The van der Waals surface area contributed by atoms with Crippen LogP contribution < -0.4 is 0 Å². The van der Waals surface area contributed by atoms with Crippen molar-refractivity contribution in [2.24, 2.45) is 0 Å². The Balaban J connectivity index is 1.59. The summed E-state index contributed by atoms with van der Waals surface area (Å²) < 4.78 is 71.6. The predicted molar refractivity (Wildman–Crippen MR) is 129 cm³/mol. The van der Waals surface area contributed by atoms with Gasteiger partial charge in [-0.05, 0) is 37.1 Å². The van der Waals surface area contributed by atoms with Gasteiger partial charge in [-0.3, -0.25) is 4.79 Å². The van der Waals surface area contributed by atoms with Crippen LogP contribution >= 0.6 is 23.4 Å². The van der Waals surface area contributed by atoms with E-state index in [0.717, 1.165) is 22.7 Å². The van der Waals surface area contributed by atoms with Crippen molar-refractivity contribution >= 4 is 46.1 Å². The molecule has 1 aliphatic heterocycles. The van der Waals surface area contributed by atoms with Crippen molar-refractivity contribution in [3.05, 3.63) is 58.2 Å². The van der Waals surface area contributed by atoms with E-state index in [0.29, 0.717) is 28.8 Å². The third-order valence-corrected chi connectivity index (χ3v) is 8.36. The number of hydrogen-bond acceptors (Lipinski definition) is 4. The van der Waals surface area contributed by atoms with Crippen LogP contribution in [0, 0.1) is 11.6 Å². The minimum atomic E-state index is -4.92. The fraction of sp³-hybridized carbons (Fsp3) is 0.360. The fourth-order valence-corrected chi connectivity index (χ4v) is 6.11. The maximum atomic E-state index is 15.4. The molecule has 6 nitrogen and oxygen atoms in total. The van der Waals surface area contributed by atoms with Gasteiger partial charge in [0.1, 0.15) is 6.54 Å². The zero-order chi connectivity index (χ0) is 27.6. The number of carboxylic acid groups (broad SMARTS) is 1. The van der Waals surface area contributed by atoms with E-state index < -0.39 is 60.4 Å². The molecule has 2 heterocycles. The molecule has 13 heteroatoms. The number of nitrogens with zero attached hydrogens (tertiary/aromatic N) is 2. The van der Waals surface area contributed by atoms with Crippen molar-refractivity contribution < 1.29 is 41.8 Å². The third-order valence-electron chi connectivity index (χ3n) is 6.90. The quantitative estimate of drug-likeness (QED) is 0.362. The number of aliphatic hydroxyl groups is 1. The molecule has 5 rings (SSSR count). The Hall–Kier alpha value is -2.83. The number of benzene rings is 2. The maximum Gasteiger partial charge on any atom is 0.419 e. The van der Waals surface area contributed by atoms with Crippen LogP contribution in [0.25, 0.3) is 10.9 Å². The lowest BCUT2D eigenvalue weighted by atomic mass is 10.0. The highest BCUT2D eigenvalue weighted by Gasteiger charge is 2.57. The van der Waals surface area contributed by atoms with Crippen molar-refractivity contribution in [1.82, 2.24) is 9.47 Å². The van der Waals surface area contributed by atoms with Gasteiger partial charge >= 0.3 is 12.1 Å². The summed E-state index contributed by atoms with van der Waals surface area (Å²) in [6.45, 7) is -1.79. The van der Waals surface area contributed by atoms with Gasteiger partial charge in [-0.2, -0.15) is 13.2 Å². The molecule has 0 spiro atoms. The smallest absolute Gasteiger partial charge is 0.419 e. The van der Waals surface area contributed by atoms with Crippen LogP contribution in [0.3, 0.4) is 0 Å². The van der Waals surface area contributed by atoms with E-state index in [-0.39, 0.29) is 27.9 Å². The lowest BCUT2D eigenvalue weighted by Gasteiger charge is -2.26. The molecule has 1 aliphatic carbocycles. The van der Waals surface area contributed by atoms with E-state index in [4.69, 9.17) is 11.6 Å². The molecular formula is C25H20ClF5N2O4S. The van der Waals surface area contributed by atoms with E-state index >= 15 is 8.78 Å². The molecule has 1 saturated carbocycles. The van der Waals surface area contributed by atoms with E-state index in [1.807, 2.05) is 0 Å². The molecular weight excluding hydrogens is 555 g/mol. The second-order valence-electron chi connectivity index (χ2n) is 9.45. The first kappa shape index (κ1) is 26.8. The first-order valence-corrected chi connectivity index (χ1v) is 12.8. The van der Waals surface area contributed by atoms with Gasteiger partial charge < -0.3 is 19.7 Å². The number of hydrogen-bond donors (Lipinski definition) is 2. The Morgan fingerprint density at radius 3 is 2.45 bits per heavy atom. The van der Waals surface area contributed by atoms with Gasteiger partial charge in [0.15, 0.2) is 17.2 Å². The zero-order valence-corrected chi connectivity index (χ0v) is 21.1. The molecule has 1 atom stereocenters. The molecule has 3 aromatic rings. The number of aromatic nitrogens is 1. The average Bonchev–Trinajstić information content (AvgIpc) is 3.51. The number of fused-ring (bicyclic) bond motifs is 1. The number of halogens is 6. The minimum Gasteiger partial charge on any atom is -0.478 e. The maximum absolute atomic E-state index is 15.4. The molecule has 1 saturated heterocycles. The summed E-state index contributed by atoms with van der Waals surface area (Å²) in [7, 11) is 0. The van der Waals surface area contributed by atoms with Crippen LogP contribution in [-0.2, 0) is 11.3 Å². The van der Waals surface area contributed by atoms with Crippen molar-refractivity contribution in [1.29, 1.82) is 0 Å². The number of β-amino-alcohol motifs (C(OH)–C–C–N with tert-alkyl or cyclic N) is 1. The van der Waals surface area contributed by atoms with Crippen LogP contribution in [0.1, 0.15) is 41.2 Å². The number of rotatable bonds is 6. The van der Waals surface area contributed by atoms with Crippen molar-refractivity contribution in [3.63, 3.8) is 0 Å². The van der Waals surface area contributed by atoms with Crippen molar-refractivity contribution in [3.8, 4) is 0 Å². The molecule has 2 N–H and O–H groups in total. The predicted octanol–water partition coefficient (Wildman–Crippen LogP) is 5.83. The number of carbonyl (C=O) groups is 2. The van der Waals surface area contributed by atoms with Crippen LogP contribution in [-0.4, -0.2) is 56.4 Å². The highest BCUT2D eigenvalue weighted by molar-refractivity contribution is 7.99. The highest BCUT2D eigenvalue weighted by atomic mass is 35.5. The fourth-order valence-electron chi connectivity index (χ4n) is 4.74. The van der Waals surface area contributed by atoms with Crippen molar-refractivity contribution in [2.75, 3.05) is 13.1 Å². The molecule has 1 amide bonds. The summed E-state index contributed by atoms with van der Waals surface area (Å²) in [5.41, 5.74) is -3.13. The van der Waals surface area contributed by atoms with Gasteiger partial charge in [0.25, 0.3) is 0 Å². The number of aromatic carboxylic acids is 1. The molecule has 1 aromatic heterocycles. The first-order chi connectivity index (χ1) is 17.8. The first-order valence-electron chi connectivity index (χ1n) is 11.6.